The van der Waals surface area contributed by atoms with Gasteiger partial charge in [-0.2, -0.15) is 0 Å². The Morgan fingerprint density at radius 1 is 1.07 bits per heavy atom. The highest BCUT2D eigenvalue weighted by molar-refractivity contribution is 6.04. The molecule has 1 N–H and O–H groups in total. The zero-order chi connectivity index (χ0) is 10.5. The van der Waals surface area contributed by atoms with Crippen molar-refractivity contribution in [1.29, 1.82) is 0 Å². The van der Waals surface area contributed by atoms with Gasteiger partial charge in [0, 0.05) is 11.3 Å². The van der Waals surface area contributed by atoms with Crippen LogP contribution in [0.2, 0.25) is 0 Å². The minimum atomic E-state index is -0.113. The van der Waals surface area contributed by atoms with Gasteiger partial charge in [0.1, 0.15) is 0 Å². The van der Waals surface area contributed by atoms with Crippen LogP contribution in [-0.2, 0) is 0 Å². The van der Waals surface area contributed by atoms with Crippen LogP contribution in [0.5, 0.6) is 0 Å². The summed E-state index contributed by atoms with van der Waals surface area (Å²) in [5.74, 6) is -0.113. The minimum Gasteiger partial charge on any atom is -0.322 e. The van der Waals surface area contributed by atoms with Crippen LogP contribution in [0.3, 0.4) is 0 Å². The summed E-state index contributed by atoms with van der Waals surface area (Å²) >= 11 is 0. The number of carbonyl (C=O) groups is 1. The molecule has 0 aromatic heterocycles. The van der Waals surface area contributed by atoms with Crippen LogP contribution in [0.1, 0.15) is 10.4 Å². The van der Waals surface area contributed by atoms with Gasteiger partial charge in [0.2, 0.25) is 0 Å². The molecule has 1 amide bonds. The van der Waals surface area contributed by atoms with E-state index in [0.29, 0.717) is 5.56 Å². The largest absolute Gasteiger partial charge is 0.322 e. The smallest absolute Gasteiger partial charge is 0.255 e. The van der Waals surface area contributed by atoms with Gasteiger partial charge in [0.05, 0.1) is 0 Å². The molecule has 0 aliphatic heterocycles. The lowest BCUT2D eigenvalue weighted by molar-refractivity contribution is 0.102. The normalized spacial score (nSPS) is 9.60. The Morgan fingerprint density at radius 2 is 1.87 bits per heavy atom. The third kappa shape index (κ3) is 2.44. The van der Waals surface area contributed by atoms with Crippen molar-refractivity contribution in [1.82, 2.24) is 0 Å². The molecule has 0 unspecified atom stereocenters. The number of para-hydroxylation sites is 1. The predicted molar refractivity (Wildman–Crippen MR) is 59.7 cm³/mol. The average Bonchev–Trinajstić information content (AvgIpc) is 2.31. The molecule has 0 aliphatic carbocycles. The topological polar surface area (TPSA) is 29.1 Å². The zero-order valence-corrected chi connectivity index (χ0v) is 8.10. The number of anilines is 1. The van der Waals surface area contributed by atoms with Crippen molar-refractivity contribution in [3.8, 4) is 0 Å². The summed E-state index contributed by atoms with van der Waals surface area (Å²) in [5, 5.41) is 2.80. The Bertz CT molecular complexity index is 437. The SMILES string of the molecule is O=C(Nc1ccccc1)c1c[c]ccc1. The maximum Gasteiger partial charge on any atom is 0.255 e. The van der Waals surface area contributed by atoms with Crippen LogP contribution in [0.15, 0.2) is 54.6 Å². The molecule has 2 aromatic rings. The molecule has 0 spiro atoms. The average molecular weight is 196 g/mol. The number of benzene rings is 2. The molecule has 0 saturated heterocycles. The summed E-state index contributed by atoms with van der Waals surface area (Å²) in [5.41, 5.74) is 1.41. The number of hydrogen-bond donors (Lipinski definition) is 1. The molecule has 2 aromatic carbocycles. The first-order valence-corrected chi connectivity index (χ1v) is 4.69. The summed E-state index contributed by atoms with van der Waals surface area (Å²) in [6, 6.07) is 19.2. The van der Waals surface area contributed by atoms with Crippen molar-refractivity contribution in [2.24, 2.45) is 0 Å². The van der Waals surface area contributed by atoms with Gasteiger partial charge in [-0.3, -0.25) is 4.79 Å². The van der Waals surface area contributed by atoms with Gasteiger partial charge in [-0.1, -0.05) is 30.3 Å². The van der Waals surface area contributed by atoms with Gasteiger partial charge in [-0.05, 0) is 30.3 Å². The maximum absolute atomic E-state index is 11.7. The quantitative estimate of drug-likeness (QED) is 0.786. The molecule has 2 heteroatoms. The van der Waals surface area contributed by atoms with E-state index in [4.69, 9.17) is 0 Å². The summed E-state index contributed by atoms with van der Waals surface area (Å²) in [4.78, 5) is 11.7. The fourth-order valence-corrected chi connectivity index (χ4v) is 1.26. The third-order valence-electron chi connectivity index (χ3n) is 2.00. The van der Waals surface area contributed by atoms with Gasteiger partial charge in [0.25, 0.3) is 5.91 Å². The van der Waals surface area contributed by atoms with E-state index in [-0.39, 0.29) is 5.91 Å². The Hall–Kier alpha value is -2.09. The fourth-order valence-electron chi connectivity index (χ4n) is 1.26. The third-order valence-corrected chi connectivity index (χ3v) is 2.00. The number of rotatable bonds is 2. The predicted octanol–water partition coefficient (Wildman–Crippen LogP) is 2.74. The monoisotopic (exact) mass is 196 g/mol. The van der Waals surface area contributed by atoms with E-state index in [9.17, 15) is 4.79 Å². The van der Waals surface area contributed by atoms with Gasteiger partial charge in [-0.25, -0.2) is 0 Å². The molecule has 0 saturated carbocycles. The van der Waals surface area contributed by atoms with Crippen molar-refractivity contribution in [2.75, 3.05) is 5.32 Å². The van der Waals surface area contributed by atoms with E-state index < -0.39 is 0 Å². The molecule has 2 nitrogen and oxygen atoms in total. The standard InChI is InChI=1S/C13H10NO/c15-13(11-7-3-1-4-8-11)14-12-9-5-2-6-10-12/h1-3,5-10H,(H,14,15). The van der Waals surface area contributed by atoms with Crippen molar-refractivity contribution in [3.63, 3.8) is 0 Å². The Kier molecular flexibility index (Phi) is 2.79. The molecule has 1 radical (unpaired) electrons. The minimum absolute atomic E-state index is 0.113. The Balaban J connectivity index is 2.12. The first kappa shape index (κ1) is 9.46. The second-order valence-corrected chi connectivity index (χ2v) is 3.11. The van der Waals surface area contributed by atoms with E-state index in [2.05, 4.69) is 11.4 Å². The summed E-state index contributed by atoms with van der Waals surface area (Å²) in [6.07, 6.45) is 0. The van der Waals surface area contributed by atoms with Gasteiger partial charge in [0.15, 0.2) is 0 Å². The number of amides is 1. The van der Waals surface area contributed by atoms with Crippen LogP contribution in [0, 0.1) is 6.07 Å². The van der Waals surface area contributed by atoms with E-state index >= 15 is 0 Å². The van der Waals surface area contributed by atoms with E-state index in [1.165, 1.54) is 0 Å². The lowest BCUT2D eigenvalue weighted by Gasteiger charge is -2.03. The molecule has 15 heavy (non-hydrogen) atoms. The molecule has 0 aliphatic rings. The van der Waals surface area contributed by atoms with Gasteiger partial charge < -0.3 is 5.32 Å². The molecule has 0 bridgehead atoms. The van der Waals surface area contributed by atoms with Crippen LogP contribution in [-0.4, -0.2) is 5.91 Å². The Labute approximate surface area is 88.6 Å². The highest BCUT2D eigenvalue weighted by Crippen LogP contribution is 2.07. The second-order valence-electron chi connectivity index (χ2n) is 3.11. The highest BCUT2D eigenvalue weighted by Gasteiger charge is 2.03. The summed E-state index contributed by atoms with van der Waals surface area (Å²) in [7, 11) is 0. The van der Waals surface area contributed by atoms with Crippen LogP contribution >= 0.6 is 0 Å². The van der Waals surface area contributed by atoms with Crippen molar-refractivity contribution in [2.45, 2.75) is 0 Å². The number of carbonyl (C=O) groups excluding carboxylic acids is 1. The highest BCUT2D eigenvalue weighted by atomic mass is 16.1. The summed E-state index contributed by atoms with van der Waals surface area (Å²) < 4.78 is 0. The van der Waals surface area contributed by atoms with Crippen molar-refractivity contribution >= 4 is 11.6 Å². The Morgan fingerprint density at radius 3 is 2.53 bits per heavy atom. The molecule has 0 heterocycles. The van der Waals surface area contributed by atoms with Crippen LogP contribution in [0.25, 0.3) is 0 Å². The number of hydrogen-bond acceptors (Lipinski definition) is 1. The molecular formula is C13H10NO. The second kappa shape index (κ2) is 4.42. The first-order valence-electron chi connectivity index (χ1n) is 4.69. The molecule has 0 fully saturated rings. The first-order chi connectivity index (χ1) is 7.36. The summed E-state index contributed by atoms with van der Waals surface area (Å²) in [6.45, 7) is 0. The van der Waals surface area contributed by atoms with Gasteiger partial charge in [-0.15, -0.1) is 0 Å². The van der Waals surface area contributed by atoms with E-state index in [1.807, 2.05) is 30.3 Å². The van der Waals surface area contributed by atoms with E-state index in [0.717, 1.165) is 5.69 Å². The zero-order valence-electron chi connectivity index (χ0n) is 8.10. The van der Waals surface area contributed by atoms with Crippen molar-refractivity contribution < 1.29 is 4.79 Å². The molecule has 73 valence electrons. The van der Waals surface area contributed by atoms with E-state index in [1.54, 1.807) is 24.3 Å². The van der Waals surface area contributed by atoms with Crippen LogP contribution in [0.4, 0.5) is 5.69 Å². The van der Waals surface area contributed by atoms with Crippen molar-refractivity contribution in [3.05, 3.63) is 66.2 Å². The lowest BCUT2D eigenvalue weighted by Crippen LogP contribution is -2.11. The lowest BCUT2D eigenvalue weighted by atomic mass is 10.2. The maximum atomic E-state index is 11.7. The fraction of sp³-hybridized carbons (Fsp3) is 0. The molecular weight excluding hydrogens is 186 g/mol. The number of nitrogens with one attached hydrogen (secondary N) is 1. The van der Waals surface area contributed by atoms with Gasteiger partial charge >= 0.3 is 0 Å². The molecule has 2 rings (SSSR count). The van der Waals surface area contributed by atoms with Crippen LogP contribution < -0.4 is 5.32 Å². The molecule has 0 atom stereocenters.